The monoisotopic (exact) mass is 614 g/mol. The first-order chi connectivity index (χ1) is 22.2. The fourth-order valence-corrected chi connectivity index (χ4v) is 7.28. The summed E-state index contributed by atoms with van der Waals surface area (Å²) in [6.45, 7) is 3.06. The topological polar surface area (TPSA) is 112 Å². The molecule has 0 bridgehead atoms. The third-order valence-corrected chi connectivity index (χ3v) is 9.68. The Hall–Kier alpha value is -5.28. The van der Waals surface area contributed by atoms with Gasteiger partial charge in [-0.25, -0.2) is 4.79 Å². The van der Waals surface area contributed by atoms with E-state index in [1.807, 2.05) is 31.2 Å². The number of nitrogens with one attached hydrogen (secondary N) is 2. The summed E-state index contributed by atoms with van der Waals surface area (Å²) in [5.41, 5.74) is 5.14. The molecule has 9 nitrogen and oxygen atoms in total. The minimum Gasteiger partial charge on any atom is -0.496 e. The number of likely N-dealkylation sites (N-methyl/N-ethyl adjacent to an activating group) is 2. The Morgan fingerprint density at radius 1 is 0.891 bits per heavy atom. The smallest absolute Gasteiger partial charge is 0.327 e. The average Bonchev–Trinajstić information content (AvgIpc) is 3.57. The summed E-state index contributed by atoms with van der Waals surface area (Å²) in [5, 5.41) is 3.45. The van der Waals surface area contributed by atoms with Gasteiger partial charge in [-0.1, -0.05) is 60.7 Å². The summed E-state index contributed by atoms with van der Waals surface area (Å²) < 4.78 is 5.66. The molecule has 3 aliphatic rings. The van der Waals surface area contributed by atoms with E-state index in [0.717, 1.165) is 27.2 Å². The number of rotatable bonds is 7. The Balaban J connectivity index is 1.20. The second kappa shape index (κ2) is 11.0. The van der Waals surface area contributed by atoms with Gasteiger partial charge in [0.25, 0.3) is 5.91 Å². The first kappa shape index (κ1) is 29.4. The number of benzene rings is 3. The number of H-pyrrole nitrogens is 1. The van der Waals surface area contributed by atoms with Gasteiger partial charge in [-0.2, -0.15) is 0 Å². The van der Waals surface area contributed by atoms with Crippen molar-refractivity contribution in [1.29, 1.82) is 0 Å². The third-order valence-electron chi connectivity index (χ3n) is 9.68. The Bertz CT molecular complexity index is 1970. The molecule has 0 saturated carbocycles. The van der Waals surface area contributed by atoms with E-state index in [0.29, 0.717) is 42.0 Å². The van der Waals surface area contributed by atoms with Gasteiger partial charge in [-0.05, 0) is 59.3 Å². The van der Waals surface area contributed by atoms with Crippen LogP contribution in [0.4, 0.5) is 4.79 Å². The van der Waals surface area contributed by atoms with Gasteiger partial charge in [0.15, 0.2) is 11.3 Å². The zero-order valence-corrected chi connectivity index (χ0v) is 26.2. The maximum atomic E-state index is 14.6. The summed E-state index contributed by atoms with van der Waals surface area (Å²) in [5.74, 6) is -0.826. The van der Waals surface area contributed by atoms with Gasteiger partial charge in [0, 0.05) is 50.0 Å². The number of aryl methyl sites for hydroxylation is 1. The molecule has 1 saturated heterocycles. The van der Waals surface area contributed by atoms with E-state index in [1.54, 1.807) is 12.3 Å². The van der Waals surface area contributed by atoms with Crippen LogP contribution in [0.15, 0.2) is 78.5 Å². The highest BCUT2D eigenvalue weighted by molar-refractivity contribution is 6.43. The Kier molecular flexibility index (Phi) is 7.01. The molecule has 1 unspecified atom stereocenters. The molecule has 1 aromatic heterocycles. The molecule has 9 heteroatoms. The Labute approximate surface area is 266 Å². The summed E-state index contributed by atoms with van der Waals surface area (Å²) >= 11 is 0. The van der Waals surface area contributed by atoms with Crippen LogP contribution in [0.3, 0.4) is 0 Å². The van der Waals surface area contributed by atoms with Crippen LogP contribution in [-0.2, 0) is 24.2 Å². The van der Waals surface area contributed by atoms with Crippen molar-refractivity contribution in [3.05, 3.63) is 118 Å². The molecular weight excluding hydrogens is 580 g/mol. The van der Waals surface area contributed by atoms with E-state index in [2.05, 4.69) is 46.7 Å². The van der Waals surface area contributed by atoms with Crippen LogP contribution in [0.2, 0.25) is 0 Å². The Morgan fingerprint density at radius 3 is 2.28 bits per heavy atom. The highest BCUT2D eigenvalue weighted by Gasteiger charge is 2.63. The van der Waals surface area contributed by atoms with Gasteiger partial charge >= 0.3 is 6.03 Å². The van der Waals surface area contributed by atoms with Crippen LogP contribution in [0.5, 0.6) is 5.75 Å². The summed E-state index contributed by atoms with van der Waals surface area (Å²) in [4.78, 5) is 61.6. The average molecular weight is 615 g/mol. The van der Waals surface area contributed by atoms with Crippen LogP contribution in [0.25, 0.3) is 16.7 Å². The van der Waals surface area contributed by atoms with Gasteiger partial charge < -0.3 is 19.9 Å². The summed E-state index contributed by atoms with van der Waals surface area (Å²) in [6.07, 6.45) is 2.21. The van der Waals surface area contributed by atoms with Crippen LogP contribution < -0.4 is 10.1 Å². The minimum atomic E-state index is -1.67. The van der Waals surface area contributed by atoms with Crippen LogP contribution in [0.1, 0.15) is 48.7 Å². The lowest BCUT2D eigenvalue weighted by Gasteiger charge is -2.42. The number of imide groups is 1. The van der Waals surface area contributed by atoms with Gasteiger partial charge in [-0.15, -0.1) is 0 Å². The fourth-order valence-electron chi connectivity index (χ4n) is 7.28. The molecule has 1 fully saturated rings. The van der Waals surface area contributed by atoms with Gasteiger partial charge in [0.05, 0.1) is 18.4 Å². The molecule has 232 valence electrons. The summed E-state index contributed by atoms with van der Waals surface area (Å²) in [7, 11) is 4.45. The molecule has 7 rings (SSSR count). The fraction of sp³-hybridized carbons (Fsp3) is 0.243. The highest BCUT2D eigenvalue weighted by atomic mass is 16.5. The molecule has 2 N–H and O–H groups in total. The lowest BCUT2D eigenvalue weighted by molar-refractivity contribution is -0.130. The van der Waals surface area contributed by atoms with Crippen molar-refractivity contribution >= 4 is 29.1 Å². The molecule has 1 aliphatic heterocycles. The molecule has 2 aliphatic carbocycles. The van der Waals surface area contributed by atoms with E-state index in [1.165, 1.54) is 26.1 Å². The number of nitrogens with zero attached hydrogens (tertiary/aromatic N) is 2. The number of hydrogen-bond acceptors (Lipinski definition) is 6. The number of fused-ring (bicyclic) bond motifs is 4. The number of carbonyl (C=O) groups excluding carboxylic acids is 4. The van der Waals surface area contributed by atoms with Crippen LogP contribution in [-0.4, -0.2) is 71.6 Å². The Morgan fingerprint density at radius 2 is 1.61 bits per heavy atom. The quantitative estimate of drug-likeness (QED) is 0.224. The molecule has 3 amide bonds. The van der Waals surface area contributed by atoms with E-state index >= 15 is 0 Å². The molecule has 4 aromatic rings. The second-order valence-electron chi connectivity index (χ2n) is 12.1. The predicted molar refractivity (Wildman–Crippen MR) is 174 cm³/mol. The largest absolute Gasteiger partial charge is 0.496 e. The van der Waals surface area contributed by atoms with E-state index in [9.17, 15) is 19.2 Å². The minimum absolute atomic E-state index is 0.0240. The third kappa shape index (κ3) is 4.19. The number of aromatic amines is 1. The van der Waals surface area contributed by atoms with Gasteiger partial charge in [0.2, 0.25) is 5.78 Å². The van der Waals surface area contributed by atoms with E-state index in [-0.39, 0.29) is 34.6 Å². The maximum absolute atomic E-state index is 14.6. The van der Waals surface area contributed by atoms with Crippen molar-refractivity contribution in [2.75, 3.05) is 27.7 Å². The lowest BCUT2D eigenvalue weighted by atomic mass is 9.65. The van der Waals surface area contributed by atoms with Crippen molar-refractivity contribution in [2.45, 2.75) is 31.8 Å². The van der Waals surface area contributed by atoms with Crippen molar-refractivity contribution < 1.29 is 23.9 Å². The number of Topliss-reactive ketones (excluding diaryl/α,β-unsaturated/α-hetero) is 2. The van der Waals surface area contributed by atoms with Crippen LogP contribution >= 0.6 is 0 Å². The highest BCUT2D eigenvalue weighted by Crippen LogP contribution is 2.51. The number of urea groups is 1. The summed E-state index contributed by atoms with van der Waals surface area (Å²) in [6, 6.07) is 21.7. The second-order valence-corrected chi connectivity index (χ2v) is 12.1. The first-order valence-corrected chi connectivity index (χ1v) is 15.3. The molecule has 3 aromatic carbocycles. The SMILES string of the molecule is COc1ccc(C)c2c1CC1(C(=O)N(C)C(=O)N1C)C1=C2C(=O)c2[nH]cc(CCNCc3ccc(-c4ccccc4)cc3)c2C1=O. The number of ether oxygens (including phenoxy) is 1. The number of ketones is 2. The van der Waals surface area contributed by atoms with Crippen molar-refractivity contribution in [1.82, 2.24) is 20.1 Å². The predicted octanol–water partition coefficient (Wildman–Crippen LogP) is 4.98. The van der Waals surface area contributed by atoms with Crippen LogP contribution in [0, 0.1) is 6.92 Å². The number of methoxy groups -OCH3 is 1. The molecule has 1 spiro atoms. The standard InChI is InChI=1S/C37H34N4O5/c1-21-10-15-27(46-4)26-18-37(35(44)40(2)36(45)41(37)3)31-30(28(21)26)34(43)32-29(33(31)42)25(20-39-32)16-17-38-19-22-11-13-24(14-12-22)23-8-6-5-7-9-23/h5-15,20,38-39H,16-19H2,1-4H3. The normalized spacial score (nSPS) is 18.8. The molecule has 0 radical (unpaired) electrons. The zero-order valence-electron chi connectivity index (χ0n) is 26.2. The van der Waals surface area contributed by atoms with Crippen molar-refractivity contribution in [3.63, 3.8) is 0 Å². The van der Waals surface area contributed by atoms with E-state index < -0.39 is 23.3 Å². The molecule has 2 heterocycles. The number of allylic oxidation sites excluding steroid dienone is 1. The number of carbonyl (C=O) groups is 4. The first-order valence-electron chi connectivity index (χ1n) is 15.3. The van der Waals surface area contributed by atoms with E-state index in [4.69, 9.17) is 4.74 Å². The van der Waals surface area contributed by atoms with Crippen molar-refractivity contribution in [3.8, 4) is 16.9 Å². The maximum Gasteiger partial charge on any atom is 0.327 e. The molecular formula is C37H34N4O5. The zero-order chi connectivity index (χ0) is 32.3. The number of hydrogen-bond donors (Lipinski definition) is 2. The number of amides is 3. The van der Waals surface area contributed by atoms with Gasteiger partial charge in [0.1, 0.15) is 5.75 Å². The molecule has 1 atom stereocenters. The number of aromatic nitrogens is 1. The van der Waals surface area contributed by atoms with Gasteiger partial charge in [-0.3, -0.25) is 19.3 Å². The molecule has 46 heavy (non-hydrogen) atoms. The van der Waals surface area contributed by atoms with Crippen molar-refractivity contribution in [2.24, 2.45) is 0 Å². The lowest BCUT2D eigenvalue weighted by Crippen LogP contribution is -2.56.